The average molecular weight is 459 g/mol. The van der Waals surface area contributed by atoms with Crippen molar-refractivity contribution in [2.24, 2.45) is 0 Å². The van der Waals surface area contributed by atoms with Crippen LogP contribution in [0.3, 0.4) is 0 Å². The molecule has 0 atom stereocenters. The van der Waals surface area contributed by atoms with Crippen molar-refractivity contribution in [3.63, 3.8) is 0 Å². The Balaban J connectivity index is 2.12. The number of allylic oxidation sites excluding steroid dienone is 1. The van der Waals surface area contributed by atoms with Crippen LogP contribution in [0, 0.1) is 6.92 Å². The highest BCUT2D eigenvalue weighted by Gasteiger charge is 2.32. The van der Waals surface area contributed by atoms with Crippen molar-refractivity contribution in [1.82, 2.24) is 9.88 Å². The first-order chi connectivity index (χ1) is 15.1. The molecule has 0 aliphatic carbocycles. The number of aryl methyl sites for hydroxylation is 1. The van der Waals surface area contributed by atoms with Gasteiger partial charge in [0.05, 0.1) is 21.8 Å². The average Bonchev–Trinajstić information content (AvgIpc) is 3.13. The molecule has 0 unspecified atom stereocenters. The van der Waals surface area contributed by atoms with Crippen LogP contribution in [0.2, 0.25) is 0 Å². The molecule has 9 heteroatoms. The normalized spacial score (nSPS) is 11.6. The first-order valence-corrected chi connectivity index (χ1v) is 10.3. The second-order valence-corrected chi connectivity index (χ2v) is 8.09. The summed E-state index contributed by atoms with van der Waals surface area (Å²) in [6.45, 7) is 1.62. The number of hydrogen-bond donors (Lipinski definition) is 0. The molecule has 0 aliphatic heterocycles. The minimum absolute atomic E-state index is 0.00487. The summed E-state index contributed by atoms with van der Waals surface area (Å²) in [6.07, 6.45) is -1.62. The molecule has 166 valence electrons. The van der Waals surface area contributed by atoms with Crippen molar-refractivity contribution >= 4 is 33.8 Å². The maximum Gasteiger partial charge on any atom is 0.416 e. The van der Waals surface area contributed by atoms with Crippen LogP contribution in [-0.4, -0.2) is 35.7 Å². The number of amides is 1. The van der Waals surface area contributed by atoms with Crippen LogP contribution >= 0.6 is 11.3 Å². The summed E-state index contributed by atoms with van der Waals surface area (Å²) in [5.41, 5.74) is -0.223. The highest BCUT2D eigenvalue weighted by Crippen LogP contribution is 2.37. The molecule has 32 heavy (non-hydrogen) atoms. The second kappa shape index (κ2) is 9.35. The van der Waals surface area contributed by atoms with Gasteiger partial charge in [-0.15, -0.1) is 0 Å². The molecule has 3 aromatic rings. The maximum atomic E-state index is 13.3. The first-order valence-electron chi connectivity index (χ1n) is 9.51. The largest absolute Gasteiger partial charge is 0.416 e. The van der Waals surface area contributed by atoms with Gasteiger partial charge in [-0.2, -0.15) is 13.2 Å². The number of benzene rings is 2. The lowest BCUT2D eigenvalue weighted by atomic mass is 10.1. The molecule has 2 aromatic carbocycles. The molecule has 3 rings (SSSR count). The number of anilines is 2. The third-order valence-electron chi connectivity index (χ3n) is 4.38. The molecule has 0 aliphatic rings. The standard InChI is InChI=1S/C23H20F3N3O2S/c1-15-20(19(30)12-13-28(2)3)32-22(27-15)29(21(31)16-8-5-4-6-9-16)18-11-7-10-17(14-18)23(24,25)26/h4-14H,1-3H3/b13-12+. The number of nitrogens with zero attached hydrogens (tertiary/aromatic N) is 3. The predicted molar refractivity (Wildman–Crippen MR) is 118 cm³/mol. The molecular weight excluding hydrogens is 439 g/mol. The number of carbonyl (C=O) groups is 2. The van der Waals surface area contributed by atoms with E-state index in [0.717, 1.165) is 28.4 Å². The van der Waals surface area contributed by atoms with Gasteiger partial charge in [0, 0.05) is 31.9 Å². The topological polar surface area (TPSA) is 53.5 Å². The van der Waals surface area contributed by atoms with Crippen LogP contribution < -0.4 is 4.90 Å². The quantitative estimate of drug-likeness (QED) is 0.350. The third-order valence-corrected chi connectivity index (χ3v) is 5.54. The Morgan fingerprint density at radius 2 is 1.72 bits per heavy atom. The molecule has 0 N–H and O–H groups in total. The molecule has 0 fully saturated rings. The van der Waals surface area contributed by atoms with E-state index in [0.29, 0.717) is 10.6 Å². The summed E-state index contributed by atoms with van der Waals surface area (Å²) in [6, 6.07) is 12.6. The van der Waals surface area contributed by atoms with E-state index in [-0.39, 0.29) is 22.2 Å². The molecule has 0 bridgehead atoms. The molecule has 0 saturated carbocycles. The highest BCUT2D eigenvalue weighted by atomic mass is 32.1. The zero-order chi connectivity index (χ0) is 23.5. The summed E-state index contributed by atoms with van der Waals surface area (Å²) in [5.74, 6) is -0.863. The maximum absolute atomic E-state index is 13.3. The molecular formula is C23H20F3N3O2S. The predicted octanol–water partition coefficient (Wildman–Crippen LogP) is 5.71. The molecule has 1 heterocycles. The second-order valence-electron chi connectivity index (χ2n) is 7.11. The van der Waals surface area contributed by atoms with Crippen molar-refractivity contribution in [2.45, 2.75) is 13.1 Å². The Hall–Kier alpha value is -3.46. The molecule has 0 spiro atoms. The number of rotatable bonds is 6. The van der Waals surface area contributed by atoms with Crippen molar-refractivity contribution in [1.29, 1.82) is 0 Å². The van der Waals surface area contributed by atoms with Crippen LogP contribution in [-0.2, 0) is 6.18 Å². The molecule has 0 radical (unpaired) electrons. The molecule has 1 aromatic heterocycles. The number of ketones is 1. The van der Waals surface area contributed by atoms with Crippen LogP contribution in [0.15, 0.2) is 66.9 Å². The van der Waals surface area contributed by atoms with Crippen molar-refractivity contribution in [2.75, 3.05) is 19.0 Å². The van der Waals surface area contributed by atoms with Gasteiger partial charge >= 0.3 is 6.18 Å². The fourth-order valence-corrected chi connectivity index (χ4v) is 3.85. The van der Waals surface area contributed by atoms with Gasteiger partial charge in [0.2, 0.25) is 0 Å². The molecule has 1 amide bonds. The Labute approximate surface area is 187 Å². The SMILES string of the molecule is Cc1nc(N(C(=O)c2ccccc2)c2cccc(C(F)(F)F)c2)sc1C(=O)/C=C/N(C)C. The zero-order valence-electron chi connectivity index (χ0n) is 17.6. The summed E-state index contributed by atoms with van der Waals surface area (Å²) in [4.78, 5) is 33.3. The summed E-state index contributed by atoms with van der Waals surface area (Å²) >= 11 is 0.952. The van der Waals surface area contributed by atoms with Gasteiger partial charge in [0.1, 0.15) is 0 Å². The van der Waals surface area contributed by atoms with E-state index in [4.69, 9.17) is 0 Å². The van der Waals surface area contributed by atoms with Crippen LogP contribution in [0.5, 0.6) is 0 Å². The van der Waals surface area contributed by atoms with Gasteiger partial charge in [0.15, 0.2) is 10.9 Å². The highest BCUT2D eigenvalue weighted by molar-refractivity contribution is 7.18. The fraction of sp³-hybridized carbons (Fsp3) is 0.174. The lowest BCUT2D eigenvalue weighted by Gasteiger charge is -2.21. The lowest BCUT2D eigenvalue weighted by Crippen LogP contribution is -2.26. The van der Waals surface area contributed by atoms with Gasteiger partial charge in [-0.05, 0) is 37.3 Å². The van der Waals surface area contributed by atoms with Crippen molar-refractivity contribution in [3.05, 3.63) is 88.6 Å². The van der Waals surface area contributed by atoms with E-state index in [9.17, 15) is 22.8 Å². The van der Waals surface area contributed by atoms with Crippen LogP contribution in [0.1, 0.15) is 31.3 Å². The van der Waals surface area contributed by atoms with E-state index in [1.54, 1.807) is 62.5 Å². The number of carbonyl (C=O) groups excluding carboxylic acids is 2. The zero-order valence-corrected chi connectivity index (χ0v) is 18.4. The smallest absolute Gasteiger partial charge is 0.383 e. The fourth-order valence-electron chi connectivity index (χ4n) is 2.84. The Morgan fingerprint density at radius 3 is 2.34 bits per heavy atom. The number of thiazole rings is 1. The Bertz CT molecular complexity index is 1150. The number of hydrogen-bond acceptors (Lipinski definition) is 5. The van der Waals surface area contributed by atoms with Gasteiger partial charge < -0.3 is 4.90 Å². The van der Waals surface area contributed by atoms with Crippen molar-refractivity contribution in [3.8, 4) is 0 Å². The van der Waals surface area contributed by atoms with Crippen LogP contribution in [0.4, 0.5) is 24.0 Å². The number of alkyl halides is 3. The lowest BCUT2D eigenvalue weighted by molar-refractivity contribution is -0.137. The van der Waals surface area contributed by atoms with Gasteiger partial charge in [-0.1, -0.05) is 35.6 Å². The van der Waals surface area contributed by atoms with E-state index >= 15 is 0 Å². The van der Waals surface area contributed by atoms with Crippen LogP contribution in [0.25, 0.3) is 0 Å². The minimum atomic E-state index is -4.58. The molecule has 0 saturated heterocycles. The Kier molecular flexibility index (Phi) is 6.78. The summed E-state index contributed by atoms with van der Waals surface area (Å²) < 4.78 is 39.9. The third kappa shape index (κ3) is 5.23. The summed E-state index contributed by atoms with van der Waals surface area (Å²) in [5, 5.41) is 0.109. The van der Waals surface area contributed by atoms with E-state index in [1.807, 2.05) is 0 Å². The number of aromatic nitrogens is 1. The molecule has 5 nitrogen and oxygen atoms in total. The van der Waals surface area contributed by atoms with Gasteiger partial charge in [0.25, 0.3) is 5.91 Å². The van der Waals surface area contributed by atoms with E-state index in [1.165, 1.54) is 18.2 Å². The monoisotopic (exact) mass is 459 g/mol. The van der Waals surface area contributed by atoms with Gasteiger partial charge in [-0.3, -0.25) is 14.5 Å². The van der Waals surface area contributed by atoms with E-state index in [2.05, 4.69) is 4.98 Å². The van der Waals surface area contributed by atoms with E-state index < -0.39 is 17.6 Å². The number of halogens is 3. The minimum Gasteiger partial charge on any atom is -0.383 e. The van der Waals surface area contributed by atoms with Gasteiger partial charge in [-0.25, -0.2) is 4.98 Å². The van der Waals surface area contributed by atoms with Crippen molar-refractivity contribution < 1.29 is 22.8 Å². The summed E-state index contributed by atoms with van der Waals surface area (Å²) in [7, 11) is 3.53. The first kappa shape index (κ1) is 23.2. The Morgan fingerprint density at radius 1 is 1.03 bits per heavy atom.